The highest BCUT2D eigenvalue weighted by atomic mass is 16.5. The molecule has 0 radical (unpaired) electrons. The summed E-state index contributed by atoms with van der Waals surface area (Å²) in [4.78, 5) is 6.59. The van der Waals surface area contributed by atoms with Crippen LogP contribution in [0.25, 0.3) is 0 Å². The van der Waals surface area contributed by atoms with Crippen LogP contribution in [0.15, 0.2) is 4.99 Å². The maximum absolute atomic E-state index is 5.84. The molecule has 0 aromatic heterocycles. The molecule has 0 amide bonds. The zero-order valence-electron chi connectivity index (χ0n) is 11.9. The molecule has 1 saturated heterocycles. The average Bonchev–Trinajstić information content (AvgIpc) is 2.42. The van der Waals surface area contributed by atoms with Crippen molar-refractivity contribution in [1.82, 2.24) is 10.2 Å². The van der Waals surface area contributed by atoms with E-state index >= 15 is 0 Å². The minimum absolute atomic E-state index is 0.401. The molecular weight excluding hydrogens is 230 g/mol. The Morgan fingerprint density at radius 2 is 2.06 bits per heavy atom. The Hall–Kier alpha value is -0.810. The zero-order chi connectivity index (χ0) is 13.2. The van der Waals surface area contributed by atoms with Crippen molar-refractivity contribution < 1.29 is 9.47 Å². The van der Waals surface area contributed by atoms with Crippen molar-refractivity contribution in [2.75, 3.05) is 47.0 Å². The van der Waals surface area contributed by atoms with Gasteiger partial charge in [0.15, 0.2) is 5.96 Å². The zero-order valence-corrected chi connectivity index (χ0v) is 11.9. The summed E-state index contributed by atoms with van der Waals surface area (Å²) in [5, 5.41) is 3.30. The number of piperidine rings is 1. The number of aliphatic imine (C=N–C) groups is 1. The molecule has 0 unspecified atom stereocenters. The first kappa shape index (κ1) is 15.2. The predicted molar refractivity (Wildman–Crippen MR) is 74.1 cm³/mol. The van der Waals surface area contributed by atoms with Gasteiger partial charge in [0.1, 0.15) is 0 Å². The van der Waals surface area contributed by atoms with Gasteiger partial charge in [-0.1, -0.05) is 0 Å². The predicted octanol–water partition coefficient (Wildman–Crippen LogP) is 1.10. The highest BCUT2D eigenvalue weighted by Gasteiger charge is 2.21. The van der Waals surface area contributed by atoms with Crippen LogP contribution in [0.2, 0.25) is 0 Å². The molecule has 0 saturated carbocycles. The lowest BCUT2D eigenvalue weighted by Crippen LogP contribution is -2.46. The molecule has 0 aromatic rings. The molecule has 1 N–H and O–H groups in total. The van der Waals surface area contributed by atoms with Gasteiger partial charge in [0, 0.05) is 47.0 Å². The molecule has 1 aliphatic heterocycles. The van der Waals surface area contributed by atoms with Crippen molar-refractivity contribution >= 4 is 5.96 Å². The van der Waals surface area contributed by atoms with Gasteiger partial charge in [-0.05, 0) is 26.2 Å². The Labute approximate surface area is 111 Å². The van der Waals surface area contributed by atoms with Gasteiger partial charge in [-0.25, -0.2) is 0 Å². The number of hydrogen-bond donors (Lipinski definition) is 1. The van der Waals surface area contributed by atoms with Crippen LogP contribution < -0.4 is 5.32 Å². The van der Waals surface area contributed by atoms with Gasteiger partial charge in [-0.2, -0.15) is 0 Å². The summed E-state index contributed by atoms with van der Waals surface area (Å²) in [6.45, 7) is 6.65. The first-order chi connectivity index (χ1) is 8.81. The average molecular weight is 257 g/mol. The lowest BCUT2D eigenvalue weighted by atomic mass is 10.1. The van der Waals surface area contributed by atoms with E-state index in [-0.39, 0.29) is 0 Å². The minimum atomic E-state index is 0.401. The van der Waals surface area contributed by atoms with E-state index in [1.54, 1.807) is 7.11 Å². The van der Waals surface area contributed by atoms with Gasteiger partial charge in [0.25, 0.3) is 0 Å². The number of nitrogens with zero attached hydrogens (tertiary/aromatic N) is 2. The topological polar surface area (TPSA) is 46.1 Å². The molecule has 5 nitrogen and oxygen atoms in total. The van der Waals surface area contributed by atoms with E-state index in [1.165, 1.54) is 0 Å². The van der Waals surface area contributed by atoms with E-state index in [1.807, 2.05) is 7.05 Å². The van der Waals surface area contributed by atoms with E-state index < -0.39 is 0 Å². The number of guanidine groups is 1. The fraction of sp³-hybridized carbons (Fsp3) is 0.923. The summed E-state index contributed by atoms with van der Waals surface area (Å²) in [5.41, 5.74) is 0. The lowest BCUT2D eigenvalue weighted by Gasteiger charge is -2.34. The quantitative estimate of drug-likeness (QED) is 0.440. The Morgan fingerprint density at radius 3 is 2.61 bits per heavy atom. The molecule has 18 heavy (non-hydrogen) atoms. The van der Waals surface area contributed by atoms with E-state index in [0.29, 0.717) is 6.10 Å². The molecule has 0 aliphatic carbocycles. The van der Waals surface area contributed by atoms with Crippen molar-refractivity contribution in [2.24, 2.45) is 4.99 Å². The summed E-state index contributed by atoms with van der Waals surface area (Å²) in [6.07, 6.45) is 3.54. The van der Waals surface area contributed by atoms with E-state index in [9.17, 15) is 0 Å². The second-order valence-corrected chi connectivity index (χ2v) is 4.48. The van der Waals surface area contributed by atoms with Crippen LogP contribution in [0.5, 0.6) is 0 Å². The number of likely N-dealkylation sites (tertiary alicyclic amines) is 1. The Morgan fingerprint density at radius 1 is 1.33 bits per heavy atom. The maximum Gasteiger partial charge on any atom is 0.193 e. The summed E-state index contributed by atoms with van der Waals surface area (Å²) in [6, 6.07) is 0. The largest absolute Gasteiger partial charge is 0.385 e. The molecule has 0 spiro atoms. The molecule has 106 valence electrons. The van der Waals surface area contributed by atoms with Crippen LogP contribution in [0, 0.1) is 0 Å². The molecule has 1 aliphatic rings. The van der Waals surface area contributed by atoms with Crippen LogP contribution in [-0.4, -0.2) is 64.0 Å². The molecule has 1 heterocycles. The third-order valence-electron chi connectivity index (χ3n) is 3.13. The molecule has 1 rings (SSSR count). The molecule has 0 aromatic carbocycles. The van der Waals surface area contributed by atoms with Crippen molar-refractivity contribution in [1.29, 1.82) is 0 Å². The van der Waals surface area contributed by atoms with Crippen molar-refractivity contribution in [2.45, 2.75) is 32.3 Å². The fourth-order valence-electron chi connectivity index (χ4n) is 2.18. The first-order valence-electron chi connectivity index (χ1n) is 6.88. The molecule has 5 heteroatoms. The highest BCUT2D eigenvalue weighted by molar-refractivity contribution is 5.79. The van der Waals surface area contributed by atoms with Crippen LogP contribution in [-0.2, 0) is 9.47 Å². The normalized spacial score (nSPS) is 18.2. The third kappa shape index (κ3) is 5.23. The second-order valence-electron chi connectivity index (χ2n) is 4.48. The van der Waals surface area contributed by atoms with Crippen LogP contribution in [0.4, 0.5) is 0 Å². The van der Waals surface area contributed by atoms with E-state index in [0.717, 1.165) is 58.1 Å². The Bertz CT molecular complexity index is 238. The minimum Gasteiger partial charge on any atom is -0.385 e. The summed E-state index contributed by atoms with van der Waals surface area (Å²) >= 11 is 0. The number of methoxy groups -OCH3 is 1. The molecule has 0 atom stereocenters. The second kappa shape index (κ2) is 9.16. The molecule has 0 bridgehead atoms. The number of hydrogen-bond acceptors (Lipinski definition) is 3. The smallest absolute Gasteiger partial charge is 0.193 e. The van der Waals surface area contributed by atoms with Gasteiger partial charge in [0.2, 0.25) is 0 Å². The van der Waals surface area contributed by atoms with Gasteiger partial charge >= 0.3 is 0 Å². The van der Waals surface area contributed by atoms with E-state index in [2.05, 4.69) is 22.1 Å². The van der Waals surface area contributed by atoms with Gasteiger partial charge in [-0.15, -0.1) is 0 Å². The van der Waals surface area contributed by atoms with Crippen molar-refractivity contribution in [3.8, 4) is 0 Å². The fourth-order valence-corrected chi connectivity index (χ4v) is 2.18. The van der Waals surface area contributed by atoms with Gasteiger partial charge in [0.05, 0.1) is 6.10 Å². The standard InChI is InChI=1S/C13H27N3O2/c1-4-15-13(14-2)16-8-6-12(7-9-16)18-11-5-10-17-3/h12H,4-11H2,1-3H3,(H,14,15). The van der Waals surface area contributed by atoms with E-state index in [4.69, 9.17) is 9.47 Å². The Balaban J connectivity index is 2.19. The third-order valence-corrected chi connectivity index (χ3v) is 3.13. The van der Waals surface area contributed by atoms with Crippen LogP contribution in [0.3, 0.4) is 0 Å². The maximum atomic E-state index is 5.84. The summed E-state index contributed by atoms with van der Waals surface area (Å²) < 4.78 is 10.8. The summed E-state index contributed by atoms with van der Waals surface area (Å²) in [7, 11) is 3.57. The monoisotopic (exact) mass is 257 g/mol. The van der Waals surface area contributed by atoms with Gasteiger partial charge < -0.3 is 19.7 Å². The first-order valence-corrected chi connectivity index (χ1v) is 6.88. The Kier molecular flexibility index (Phi) is 7.76. The van der Waals surface area contributed by atoms with Gasteiger partial charge in [-0.3, -0.25) is 4.99 Å². The summed E-state index contributed by atoms with van der Waals surface area (Å²) in [5.74, 6) is 1.01. The number of rotatable bonds is 6. The number of nitrogens with one attached hydrogen (secondary N) is 1. The molecule has 1 fully saturated rings. The van der Waals surface area contributed by atoms with Crippen LogP contribution in [0.1, 0.15) is 26.2 Å². The molecular formula is C13H27N3O2. The lowest BCUT2D eigenvalue weighted by molar-refractivity contribution is 0.00992. The van der Waals surface area contributed by atoms with Crippen molar-refractivity contribution in [3.63, 3.8) is 0 Å². The van der Waals surface area contributed by atoms with Crippen LogP contribution >= 0.6 is 0 Å². The van der Waals surface area contributed by atoms with Crippen molar-refractivity contribution in [3.05, 3.63) is 0 Å². The highest BCUT2D eigenvalue weighted by Crippen LogP contribution is 2.14. The SMILES string of the molecule is CCNC(=NC)N1CCC(OCCCOC)CC1. The number of ether oxygens (including phenoxy) is 2.